The number of carbonyl (C=O) groups is 1. The zero-order valence-corrected chi connectivity index (χ0v) is 14.5. The van der Waals surface area contributed by atoms with Crippen molar-refractivity contribution in [1.29, 1.82) is 0 Å². The summed E-state index contributed by atoms with van der Waals surface area (Å²) in [5.74, 6) is -0.552. The van der Waals surface area contributed by atoms with E-state index in [1.165, 1.54) is 22.7 Å². The van der Waals surface area contributed by atoms with E-state index in [4.69, 9.17) is 0 Å². The molecule has 1 aromatic rings. The van der Waals surface area contributed by atoms with Gasteiger partial charge in [-0.2, -0.15) is 0 Å². The minimum atomic E-state index is -3.27. The summed E-state index contributed by atoms with van der Waals surface area (Å²) < 4.78 is 37.6. The Kier molecular flexibility index (Phi) is 8.19. The maximum Gasteiger partial charge on any atom is 0.224 e. The Bertz CT molecular complexity index is 588. The van der Waals surface area contributed by atoms with E-state index in [1.807, 2.05) is 0 Å². The lowest BCUT2D eigenvalue weighted by Gasteiger charge is -2.20. The number of hydrogen-bond acceptors (Lipinski definition) is 3. The molecule has 5 nitrogen and oxygen atoms in total. The van der Waals surface area contributed by atoms with Crippen LogP contribution in [-0.2, 0) is 21.2 Å². The summed E-state index contributed by atoms with van der Waals surface area (Å²) in [6.45, 7) is 3.05. The number of halogens is 1. The zero-order valence-electron chi connectivity index (χ0n) is 13.7. The van der Waals surface area contributed by atoms with Gasteiger partial charge >= 0.3 is 0 Å². The second-order valence-corrected chi connectivity index (χ2v) is 7.50. The van der Waals surface area contributed by atoms with Crippen LogP contribution in [0.3, 0.4) is 0 Å². The summed E-state index contributed by atoms with van der Waals surface area (Å²) in [4.78, 5) is 11.8. The lowest BCUT2D eigenvalue weighted by Crippen LogP contribution is -2.39. The lowest BCUT2D eigenvalue weighted by molar-refractivity contribution is -0.120. The van der Waals surface area contributed by atoms with Crippen LogP contribution >= 0.6 is 0 Å². The molecule has 0 spiro atoms. The van der Waals surface area contributed by atoms with E-state index in [1.54, 1.807) is 12.1 Å². The molecule has 1 aromatic carbocycles. The van der Waals surface area contributed by atoms with Crippen LogP contribution in [0.1, 0.15) is 31.7 Å². The first-order valence-electron chi connectivity index (χ1n) is 7.79. The first kappa shape index (κ1) is 19.6. The Morgan fingerprint density at radius 1 is 1.17 bits per heavy atom. The Balaban J connectivity index is 2.39. The standard InChI is InChI=1S/C16H25FN2O3S/c1-3-4-5-11-19(23(2,21)22)12-10-18-16(20)13-14-6-8-15(17)9-7-14/h6-9H,3-5,10-13H2,1-2H3,(H,18,20). The third-order valence-corrected chi connectivity index (χ3v) is 4.74. The van der Waals surface area contributed by atoms with Crippen molar-refractivity contribution in [2.45, 2.75) is 32.6 Å². The molecule has 0 aromatic heterocycles. The van der Waals surface area contributed by atoms with Crippen LogP contribution in [0.4, 0.5) is 4.39 Å². The number of nitrogens with one attached hydrogen (secondary N) is 1. The number of unbranched alkanes of at least 4 members (excludes halogenated alkanes) is 2. The molecule has 0 radical (unpaired) electrons. The highest BCUT2D eigenvalue weighted by atomic mass is 32.2. The summed E-state index contributed by atoms with van der Waals surface area (Å²) in [6, 6.07) is 5.73. The first-order chi connectivity index (χ1) is 10.8. The monoisotopic (exact) mass is 344 g/mol. The van der Waals surface area contributed by atoms with Gasteiger partial charge in [-0.1, -0.05) is 31.9 Å². The van der Waals surface area contributed by atoms with E-state index < -0.39 is 10.0 Å². The second kappa shape index (κ2) is 9.62. The molecule has 0 saturated heterocycles. The highest BCUT2D eigenvalue weighted by molar-refractivity contribution is 7.88. The molecule has 0 aliphatic carbocycles. The molecule has 23 heavy (non-hydrogen) atoms. The van der Waals surface area contributed by atoms with E-state index in [0.29, 0.717) is 12.1 Å². The van der Waals surface area contributed by atoms with Gasteiger partial charge in [-0.05, 0) is 24.1 Å². The van der Waals surface area contributed by atoms with Crippen LogP contribution in [0.25, 0.3) is 0 Å². The van der Waals surface area contributed by atoms with E-state index in [-0.39, 0.29) is 31.2 Å². The van der Waals surface area contributed by atoms with E-state index in [0.717, 1.165) is 19.3 Å². The van der Waals surface area contributed by atoms with E-state index in [2.05, 4.69) is 12.2 Å². The van der Waals surface area contributed by atoms with Crippen molar-refractivity contribution in [3.05, 3.63) is 35.6 Å². The van der Waals surface area contributed by atoms with Crippen molar-refractivity contribution in [2.24, 2.45) is 0 Å². The highest BCUT2D eigenvalue weighted by Gasteiger charge is 2.15. The topological polar surface area (TPSA) is 66.5 Å². The normalized spacial score (nSPS) is 11.7. The van der Waals surface area contributed by atoms with Crippen LogP contribution < -0.4 is 5.32 Å². The molecule has 0 bridgehead atoms. The number of carbonyl (C=O) groups excluding carboxylic acids is 1. The number of amides is 1. The third kappa shape index (κ3) is 8.08. The number of benzene rings is 1. The van der Waals surface area contributed by atoms with Crippen LogP contribution in [0, 0.1) is 5.82 Å². The minimum Gasteiger partial charge on any atom is -0.354 e. The smallest absolute Gasteiger partial charge is 0.224 e. The Hall–Kier alpha value is -1.47. The lowest BCUT2D eigenvalue weighted by atomic mass is 10.1. The molecule has 0 saturated carbocycles. The molecular formula is C16H25FN2O3S. The molecule has 1 amide bonds. The molecule has 0 fully saturated rings. The van der Waals surface area contributed by atoms with Crippen molar-refractivity contribution >= 4 is 15.9 Å². The molecule has 1 rings (SSSR count). The summed E-state index contributed by atoms with van der Waals surface area (Å²) in [5, 5.41) is 2.70. The van der Waals surface area contributed by atoms with Gasteiger partial charge in [0.1, 0.15) is 5.82 Å². The van der Waals surface area contributed by atoms with E-state index in [9.17, 15) is 17.6 Å². The largest absolute Gasteiger partial charge is 0.354 e. The molecule has 0 atom stereocenters. The van der Waals surface area contributed by atoms with Crippen molar-refractivity contribution < 1.29 is 17.6 Å². The summed E-state index contributed by atoms with van der Waals surface area (Å²) in [7, 11) is -3.27. The SMILES string of the molecule is CCCCCN(CCNC(=O)Cc1ccc(F)cc1)S(C)(=O)=O. The minimum absolute atomic E-state index is 0.148. The summed E-state index contributed by atoms with van der Waals surface area (Å²) in [5.41, 5.74) is 0.715. The predicted octanol–water partition coefficient (Wildman–Crippen LogP) is 1.94. The molecule has 7 heteroatoms. The van der Waals surface area contributed by atoms with Crippen LogP contribution in [0.15, 0.2) is 24.3 Å². The fourth-order valence-corrected chi connectivity index (χ4v) is 3.04. The quantitative estimate of drug-likeness (QED) is 0.660. The number of sulfonamides is 1. The maximum atomic E-state index is 12.8. The summed E-state index contributed by atoms with van der Waals surface area (Å²) >= 11 is 0. The van der Waals surface area contributed by atoms with Crippen molar-refractivity contribution in [3.8, 4) is 0 Å². The highest BCUT2D eigenvalue weighted by Crippen LogP contribution is 2.04. The molecule has 130 valence electrons. The molecule has 1 N–H and O–H groups in total. The van der Waals surface area contributed by atoms with Gasteiger partial charge in [0.05, 0.1) is 12.7 Å². The molecule has 0 heterocycles. The number of nitrogens with zero attached hydrogens (tertiary/aromatic N) is 1. The fourth-order valence-electron chi connectivity index (χ4n) is 2.15. The third-order valence-electron chi connectivity index (χ3n) is 3.44. The summed E-state index contributed by atoms with van der Waals surface area (Å²) in [6.07, 6.45) is 4.14. The van der Waals surface area contributed by atoms with Crippen molar-refractivity contribution in [3.63, 3.8) is 0 Å². The average molecular weight is 344 g/mol. The van der Waals surface area contributed by atoms with E-state index >= 15 is 0 Å². The van der Waals surface area contributed by atoms with Gasteiger partial charge in [0, 0.05) is 19.6 Å². The van der Waals surface area contributed by atoms with Crippen molar-refractivity contribution in [1.82, 2.24) is 9.62 Å². The van der Waals surface area contributed by atoms with Gasteiger partial charge in [0.25, 0.3) is 0 Å². The van der Waals surface area contributed by atoms with Crippen LogP contribution in [0.5, 0.6) is 0 Å². The Labute approximate surface area is 137 Å². The molecular weight excluding hydrogens is 319 g/mol. The zero-order chi connectivity index (χ0) is 17.3. The van der Waals surface area contributed by atoms with Gasteiger partial charge in [-0.15, -0.1) is 0 Å². The molecule has 0 aliphatic rings. The Morgan fingerprint density at radius 2 is 1.83 bits per heavy atom. The average Bonchev–Trinajstić information content (AvgIpc) is 2.47. The second-order valence-electron chi connectivity index (χ2n) is 5.52. The van der Waals surface area contributed by atoms with Crippen LogP contribution in [-0.4, -0.2) is 44.5 Å². The fraction of sp³-hybridized carbons (Fsp3) is 0.562. The number of hydrogen-bond donors (Lipinski definition) is 1. The van der Waals surface area contributed by atoms with Crippen molar-refractivity contribution in [2.75, 3.05) is 25.9 Å². The predicted molar refractivity (Wildman–Crippen MR) is 89.1 cm³/mol. The molecule has 0 aliphatic heterocycles. The van der Waals surface area contributed by atoms with Gasteiger partial charge in [-0.25, -0.2) is 17.1 Å². The van der Waals surface area contributed by atoms with Gasteiger partial charge in [0.15, 0.2) is 0 Å². The maximum absolute atomic E-state index is 12.8. The van der Waals surface area contributed by atoms with Gasteiger partial charge < -0.3 is 5.32 Å². The molecule has 0 unspecified atom stereocenters. The Morgan fingerprint density at radius 3 is 2.39 bits per heavy atom. The number of rotatable bonds is 10. The van der Waals surface area contributed by atoms with Gasteiger partial charge in [-0.3, -0.25) is 4.79 Å². The van der Waals surface area contributed by atoms with Crippen LogP contribution in [0.2, 0.25) is 0 Å². The van der Waals surface area contributed by atoms with Gasteiger partial charge in [0.2, 0.25) is 15.9 Å². The first-order valence-corrected chi connectivity index (χ1v) is 9.64.